The van der Waals surface area contributed by atoms with E-state index in [1.54, 1.807) is 0 Å². The van der Waals surface area contributed by atoms with Crippen LogP contribution in [0.2, 0.25) is 5.02 Å². The van der Waals surface area contributed by atoms with E-state index in [4.69, 9.17) is 17.3 Å². The van der Waals surface area contributed by atoms with Crippen LogP contribution in [0.1, 0.15) is 10.4 Å². The lowest BCUT2D eigenvalue weighted by atomic mass is 10.2. The van der Waals surface area contributed by atoms with E-state index in [1.807, 2.05) is 0 Å². The van der Waals surface area contributed by atoms with Gasteiger partial charge < -0.3 is 5.73 Å². The smallest absolute Gasteiger partial charge is 0.251 e. The van der Waals surface area contributed by atoms with E-state index >= 15 is 0 Å². The Morgan fingerprint density at radius 2 is 1.83 bits per heavy atom. The van der Waals surface area contributed by atoms with Gasteiger partial charge in [0.05, 0.1) is 16.1 Å². The van der Waals surface area contributed by atoms with Gasteiger partial charge in [0.2, 0.25) is 0 Å². The van der Waals surface area contributed by atoms with Crippen molar-refractivity contribution in [2.24, 2.45) is 5.73 Å². The summed E-state index contributed by atoms with van der Waals surface area (Å²) in [5, 5.41) is -0.0271. The summed E-state index contributed by atoms with van der Waals surface area (Å²) in [7, 11) is 0. The second-order valence-corrected chi connectivity index (χ2v) is 3.78. The molecule has 1 aromatic heterocycles. The molecule has 0 unspecified atom stereocenters. The number of primary amides is 1. The number of nitrogens with two attached hydrogens (primary N) is 1. The zero-order valence-corrected chi connectivity index (χ0v) is 9.58. The van der Waals surface area contributed by atoms with Crippen molar-refractivity contribution in [2.75, 3.05) is 0 Å². The van der Waals surface area contributed by atoms with E-state index in [1.165, 1.54) is 6.07 Å². The molecular formula is C11H6ClF2N3O. The van der Waals surface area contributed by atoms with Gasteiger partial charge in [0.1, 0.15) is 0 Å². The Kier molecular flexibility index (Phi) is 3.20. The van der Waals surface area contributed by atoms with E-state index in [0.29, 0.717) is 0 Å². The Bertz CT molecular complexity index is 616. The molecule has 4 nitrogen and oxygen atoms in total. The van der Waals surface area contributed by atoms with Gasteiger partial charge in [-0.2, -0.15) is 0 Å². The largest absolute Gasteiger partial charge is 0.366 e. The molecule has 0 saturated heterocycles. The number of aromatic nitrogens is 2. The first-order chi connectivity index (χ1) is 8.50. The quantitative estimate of drug-likeness (QED) is 0.850. The second-order valence-electron chi connectivity index (χ2n) is 3.38. The molecule has 0 atom stereocenters. The van der Waals surface area contributed by atoms with Crippen LogP contribution in [0.4, 0.5) is 8.78 Å². The molecule has 1 heterocycles. The SMILES string of the molecule is NC(=O)c1cnc(-c2c(Cl)ccc(F)c2F)nc1. The molecule has 1 aromatic carbocycles. The lowest BCUT2D eigenvalue weighted by molar-refractivity contribution is 0.0999. The number of carbonyl (C=O) groups is 1. The monoisotopic (exact) mass is 269 g/mol. The molecule has 2 N–H and O–H groups in total. The van der Waals surface area contributed by atoms with Crippen LogP contribution in [0, 0.1) is 11.6 Å². The molecule has 0 radical (unpaired) electrons. The lowest BCUT2D eigenvalue weighted by Gasteiger charge is -2.05. The van der Waals surface area contributed by atoms with Gasteiger partial charge in [-0.15, -0.1) is 0 Å². The predicted octanol–water partition coefficient (Wildman–Crippen LogP) is 2.17. The van der Waals surface area contributed by atoms with Gasteiger partial charge in [-0.25, -0.2) is 18.7 Å². The summed E-state index contributed by atoms with van der Waals surface area (Å²) < 4.78 is 26.7. The molecule has 1 amide bonds. The molecule has 0 saturated carbocycles. The summed E-state index contributed by atoms with van der Waals surface area (Å²) >= 11 is 5.76. The summed E-state index contributed by atoms with van der Waals surface area (Å²) in [4.78, 5) is 18.3. The molecule has 0 aliphatic rings. The number of rotatable bonds is 2. The van der Waals surface area contributed by atoms with Crippen molar-refractivity contribution in [3.63, 3.8) is 0 Å². The Labute approximate surface area is 105 Å². The zero-order chi connectivity index (χ0) is 13.3. The standard InChI is InChI=1S/C11H6ClF2N3O/c12-6-1-2-7(13)9(14)8(6)11-16-3-5(4-17-11)10(15)18/h1-4H,(H2,15,18). The van der Waals surface area contributed by atoms with Crippen LogP contribution in [0.5, 0.6) is 0 Å². The summed E-state index contributed by atoms with van der Waals surface area (Å²) in [6.45, 7) is 0. The Balaban J connectivity index is 2.55. The molecule has 92 valence electrons. The Morgan fingerprint density at radius 1 is 1.22 bits per heavy atom. The van der Waals surface area contributed by atoms with Gasteiger partial charge >= 0.3 is 0 Å². The van der Waals surface area contributed by atoms with Crippen molar-refractivity contribution >= 4 is 17.5 Å². The van der Waals surface area contributed by atoms with Crippen molar-refractivity contribution in [1.29, 1.82) is 0 Å². The summed E-state index contributed by atoms with van der Waals surface area (Å²) in [5.74, 6) is -3.04. The molecule has 2 aromatic rings. The van der Waals surface area contributed by atoms with Crippen LogP contribution in [-0.4, -0.2) is 15.9 Å². The molecular weight excluding hydrogens is 264 g/mol. The van der Waals surface area contributed by atoms with Crippen LogP contribution in [0.3, 0.4) is 0 Å². The van der Waals surface area contributed by atoms with Crippen LogP contribution in [0.25, 0.3) is 11.4 Å². The Morgan fingerprint density at radius 3 is 2.39 bits per heavy atom. The number of nitrogens with zero attached hydrogens (tertiary/aromatic N) is 2. The van der Waals surface area contributed by atoms with E-state index < -0.39 is 17.5 Å². The minimum atomic E-state index is -1.14. The first kappa shape index (κ1) is 12.4. The van der Waals surface area contributed by atoms with Gasteiger partial charge in [-0.3, -0.25) is 4.79 Å². The van der Waals surface area contributed by atoms with E-state index in [2.05, 4.69) is 9.97 Å². The van der Waals surface area contributed by atoms with Crippen molar-refractivity contribution in [2.45, 2.75) is 0 Å². The van der Waals surface area contributed by atoms with Crippen LogP contribution in [-0.2, 0) is 0 Å². The number of halogens is 3. The van der Waals surface area contributed by atoms with E-state index in [-0.39, 0.29) is 22.0 Å². The van der Waals surface area contributed by atoms with Crippen LogP contribution >= 0.6 is 11.6 Å². The molecule has 0 bridgehead atoms. The third kappa shape index (κ3) is 2.14. The van der Waals surface area contributed by atoms with Crippen molar-refractivity contribution < 1.29 is 13.6 Å². The van der Waals surface area contributed by atoms with Crippen LogP contribution in [0.15, 0.2) is 24.5 Å². The fourth-order valence-corrected chi connectivity index (χ4v) is 1.55. The van der Waals surface area contributed by atoms with E-state index in [9.17, 15) is 13.6 Å². The minimum absolute atomic E-state index is 0.0271. The molecule has 7 heteroatoms. The highest BCUT2D eigenvalue weighted by atomic mass is 35.5. The van der Waals surface area contributed by atoms with Gasteiger partial charge in [-0.05, 0) is 12.1 Å². The normalized spacial score (nSPS) is 10.4. The predicted molar refractivity (Wildman–Crippen MR) is 60.9 cm³/mol. The number of hydrogen-bond acceptors (Lipinski definition) is 3. The fraction of sp³-hybridized carbons (Fsp3) is 0. The molecule has 18 heavy (non-hydrogen) atoms. The van der Waals surface area contributed by atoms with Crippen molar-refractivity contribution in [1.82, 2.24) is 9.97 Å². The summed E-state index contributed by atoms with van der Waals surface area (Å²) in [6, 6.07) is 2.10. The minimum Gasteiger partial charge on any atom is -0.366 e. The number of carbonyl (C=O) groups excluding carboxylic acids is 1. The third-order valence-corrected chi connectivity index (χ3v) is 2.52. The maximum absolute atomic E-state index is 13.6. The maximum atomic E-state index is 13.6. The highest BCUT2D eigenvalue weighted by molar-refractivity contribution is 6.33. The highest BCUT2D eigenvalue weighted by Crippen LogP contribution is 2.29. The molecule has 0 aliphatic heterocycles. The second kappa shape index (κ2) is 4.66. The average molecular weight is 270 g/mol. The molecule has 0 fully saturated rings. The lowest BCUT2D eigenvalue weighted by Crippen LogP contribution is -2.12. The summed E-state index contributed by atoms with van der Waals surface area (Å²) in [6.07, 6.45) is 2.23. The van der Waals surface area contributed by atoms with Gasteiger partial charge in [0.25, 0.3) is 5.91 Å². The number of benzene rings is 1. The fourth-order valence-electron chi connectivity index (χ4n) is 1.32. The van der Waals surface area contributed by atoms with Gasteiger partial charge in [-0.1, -0.05) is 11.6 Å². The maximum Gasteiger partial charge on any atom is 0.251 e. The topological polar surface area (TPSA) is 68.9 Å². The third-order valence-electron chi connectivity index (χ3n) is 2.20. The highest BCUT2D eigenvalue weighted by Gasteiger charge is 2.17. The first-order valence-electron chi connectivity index (χ1n) is 4.76. The number of amides is 1. The van der Waals surface area contributed by atoms with Crippen molar-refractivity contribution in [3.05, 3.63) is 46.7 Å². The zero-order valence-electron chi connectivity index (χ0n) is 8.82. The van der Waals surface area contributed by atoms with Gasteiger partial charge in [0, 0.05) is 12.4 Å². The van der Waals surface area contributed by atoms with E-state index in [0.717, 1.165) is 18.5 Å². The molecule has 0 spiro atoms. The molecule has 0 aliphatic carbocycles. The van der Waals surface area contributed by atoms with Crippen molar-refractivity contribution in [3.8, 4) is 11.4 Å². The average Bonchev–Trinajstić information content (AvgIpc) is 2.35. The molecule has 2 rings (SSSR count). The van der Waals surface area contributed by atoms with Crippen LogP contribution < -0.4 is 5.73 Å². The summed E-state index contributed by atoms with van der Waals surface area (Å²) in [5.41, 5.74) is 4.81. The number of hydrogen-bond donors (Lipinski definition) is 1. The Hall–Kier alpha value is -2.08. The van der Waals surface area contributed by atoms with Gasteiger partial charge in [0.15, 0.2) is 17.5 Å². The first-order valence-corrected chi connectivity index (χ1v) is 5.14.